The minimum Gasteiger partial charge on any atom is -0.228 e. The highest BCUT2D eigenvalue weighted by molar-refractivity contribution is 7.98. The third-order valence-corrected chi connectivity index (χ3v) is 4.29. The maximum Gasteiger partial charge on any atom is 0.188 e. The van der Waals surface area contributed by atoms with Crippen molar-refractivity contribution in [1.29, 1.82) is 5.26 Å². The third-order valence-electron chi connectivity index (χ3n) is 3.40. The zero-order valence-corrected chi connectivity index (χ0v) is 13.5. The molecule has 0 spiro atoms. The topological polar surface area (TPSA) is 49.6 Å². The molecule has 0 aliphatic heterocycles. The molecule has 23 heavy (non-hydrogen) atoms. The number of rotatable bonds is 4. The maximum atomic E-state index is 9.16. The highest BCUT2D eigenvalue weighted by atomic mass is 32.2. The van der Waals surface area contributed by atoms with Gasteiger partial charge in [0.05, 0.1) is 17.3 Å². The summed E-state index contributed by atoms with van der Waals surface area (Å²) in [5.74, 6) is 0.682. The highest BCUT2D eigenvalue weighted by Crippen LogP contribution is 2.25. The van der Waals surface area contributed by atoms with Gasteiger partial charge in [0, 0.05) is 17.0 Å². The van der Waals surface area contributed by atoms with Crippen molar-refractivity contribution in [2.75, 3.05) is 0 Å². The smallest absolute Gasteiger partial charge is 0.188 e. The molecule has 1 heterocycles. The number of aryl methyl sites for hydroxylation is 1. The molecule has 2 aromatic carbocycles. The zero-order valence-electron chi connectivity index (χ0n) is 12.7. The SMILES string of the molecule is Cc1cc(-c2ccccc2)nc(SCc2ccccc2C#N)n1. The van der Waals surface area contributed by atoms with Crippen LogP contribution in [0.5, 0.6) is 0 Å². The summed E-state index contributed by atoms with van der Waals surface area (Å²) in [6.45, 7) is 1.97. The second-order valence-corrected chi connectivity index (χ2v) is 6.04. The molecule has 0 N–H and O–H groups in total. The lowest BCUT2D eigenvalue weighted by Gasteiger charge is -2.07. The van der Waals surface area contributed by atoms with E-state index < -0.39 is 0 Å². The van der Waals surface area contributed by atoms with Crippen molar-refractivity contribution in [2.24, 2.45) is 0 Å². The van der Waals surface area contributed by atoms with Gasteiger partial charge in [-0.05, 0) is 24.6 Å². The summed E-state index contributed by atoms with van der Waals surface area (Å²) in [4.78, 5) is 9.14. The molecule has 0 aliphatic carbocycles. The highest BCUT2D eigenvalue weighted by Gasteiger charge is 2.07. The van der Waals surface area contributed by atoms with E-state index in [0.29, 0.717) is 11.3 Å². The van der Waals surface area contributed by atoms with E-state index in [1.54, 1.807) is 11.8 Å². The molecule has 0 amide bonds. The molecular formula is C19H15N3S. The molecule has 0 aliphatic rings. The lowest BCUT2D eigenvalue weighted by Crippen LogP contribution is -1.95. The molecule has 3 nitrogen and oxygen atoms in total. The van der Waals surface area contributed by atoms with Crippen molar-refractivity contribution in [3.63, 3.8) is 0 Å². The first-order valence-corrected chi connectivity index (χ1v) is 8.27. The minimum atomic E-state index is 0.682. The van der Waals surface area contributed by atoms with Gasteiger partial charge in [0.15, 0.2) is 5.16 Å². The lowest BCUT2D eigenvalue weighted by atomic mass is 10.1. The first-order valence-electron chi connectivity index (χ1n) is 7.28. The van der Waals surface area contributed by atoms with Gasteiger partial charge in [-0.3, -0.25) is 0 Å². The summed E-state index contributed by atoms with van der Waals surface area (Å²) >= 11 is 1.55. The lowest BCUT2D eigenvalue weighted by molar-refractivity contribution is 0.937. The first kappa shape index (κ1) is 15.3. The Labute approximate surface area is 140 Å². The minimum absolute atomic E-state index is 0.682. The van der Waals surface area contributed by atoms with E-state index >= 15 is 0 Å². The molecule has 1 aromatic heterocycles. The van der Waals surface area contributed by atoms with E-state index in [9.17, 15) is 0 Å². The van der Waals surface area contributed by atoms with Crippen molar-refractivity contribution < 1.29 is 0 Å². The maximum absolute atomic E-state index is 9.16. The fraction of sp³-hybridized carbons (Fsp3) is 0.105. The number of hydrogen-bond acceptors (Lipinski definition) is 4. The second-order valence-electron chi connectivity index (χ2n) is 5.10. The average Bonchev–Trinajstić information content (AvgIpc) is 2.60. The summed E-state index contributed by atoms with van der Waals surface area (Å²) in [7, 11) is 0. The van der Waals surface area contributed by atoms with Crippen LogP contribution in [0.15, 0.2) is 65.8 Å². The number of thioether (sulfide) groups is 1. The molecule has 112 valence electrons. The molecule has 0 atom stereocenters. The van der Waals surface area contributed by atoms with E-state index in [0.717, 1.165) is 27.7 Å². The third kappa shape index (κ3) is 3.77. The largest absolute Gasteiger partial charge is 0.228 e. The molecule has 0 saturated heterocycles. The second kappa shape index (κ2) is 7.08. The summed E-state index contributed by atoms with van der Waals surface area (Å²) in [5.41, 5.74) is 4.66. The standard InChI is InChI=1S/C19H15N3S/c1-14-11-18(15-7-3-2-4-8-15)22-19(21-14)23-13-17-10-6-5-9-16(17)12-20/h2-11H,13H2,1H3. The van der Waals surface area contributed by atoms with Gasteiger partial charge >= 0.3 is 0 Å². The zero-order chi connectivity index (χ0) is 16.1. The van der Waals surface area contributed by atoms with Crippen molar-refractivity contribution in [2.45, 2.75) is 17.8 Å². The number of nitriles is 1. The predicted molar refractivity (Wildman–Crippen MR) is 92.9 cm³/mol. The summed E-state index contributed by atoms with van der Waals surface area (Å²) in [5, 5.41) is 9.89. The van der Waals surface area contributed by atoms with Crippen molar-refractivity contribution in [3.05, 3.63) is 77.5 Å². The number of hydrogen-bond donors (Lipinski definition) is 0. The van der Waals surface area contributed by atoms with Crippen LogP contribution in [-0.4, -0.2) is 9.97 Å². The van der Waals surface area contributed by atoms with Crippen molar-refractivity contribution >= 4 is 11.8 Å². The molecular weight excluding hydrogens is 302 g/mol. The number of nitrogens with zero attached hydrogens (tertiary/aromatic N) is 3. The normalized spacial score (nSPS) is 10.3. The fourth-order valence-corrected chi connectivity index (χ4v) is 3.17. The van der Waals surface area contributed by atoms with Crippen LogP contribution < -0.4 is 0 Å². The van der Waals surface area contributed by atoms with E-state index in [1.807, 2.05) is 67.6 Å². The Kier molecular flexibility index (Phi) is 4.70. The van der Waals surface area contributed by atoms with Gasteiger partial charge in [-0.2, -0.15) is 5.26 Å². The van der Waals surface area contributed by atoms with Crippen LogP contribution in [0.2, 0.25) is 0 Å². The van der Waals surface area contributed by atoms with Gasteiger partial charge in [-0.25, -0.2) is 9.97 Å². The molecule has 0 fully saturated rings. The first-order chi connectivity index (χ1) is 11.3. The van der Waals surface area contributed by atoms with Crippen LogP contribution in [0, 0.1) is 18.3 Å². The van der Waals surface area contributed by atoms with Crippen LogP contribution in [-0.2, 0) is 5.75 Å². The number of aromatic nitrogens is 2. The monoisotopic (exact) mass is 317 g/mol. The Morgan fingerprint density at radius 3 is 2.52 bits per heavy atom. The summed E-state index contributed by atoms with van der Waals surface area (Å²) in [6, 6.07) is 21.9. The quantitative estimate of drug-likeness (QED) is 0.520. The van der Waals surface area contributed by atoms with E-state index in [2.05, 4.69) is 16.0 Å². The van der Waals surface area contributed by atoms with Crippen LogP contribution in [0.1, 0.15) is 16.8 Å². The van der Waals surface area contributed by atoms with Crippen LogP contribution in [0.4, 0.5) is 0 Å². The van der Waals surface area contributed by atoms with E-state index in [1.165, 1.54) is 0 Å². The molecule has 4 heteroatoms. The molecule has 0 unspecified atom stereocenters. The van der Waals surface area contributed by atoms with Crippen molar-refractivity contribution in [3.8, 4) is 17.3 Å². The Balaban J connectivity index is 1.84. The van der Waals surface area contributed by atoms with Crippen LogP contribution in [0.3, 0.4) is 0 Å². The Hall–Kier alpha value is -2.64. The fourth-order valence-electron chi connectivity index (χ4n) is 2.26. The molecule has 0 bridgehead atoms. The van der Waals surface area contributed by atoms with Gasteiger partial charge in [0.25, 0.3) is 0 Å². The van der Waals surface area contributed by atoms with E-state index in [4.69, 9.17) is 5.26 Å². The van der Waals surface area contributed by atoms with Gasteiger partial charge in [0.1, 0.15) is 0 Å². The predicted octanol–water partition coefficient (Wildman–Crippen LogP) is 4.62. The van der Waals surface area contributed by atoms with Gasteiger partial charge in [-0.1, -0.05) is 60.3 Å². The Morgan fingerprint density at radius 1 is 1.00 bits per heavy atom. The van der Waals surface area contributed by atoms with E-state index in [-0.39, 0.29) is 0 Å². The Morgan fingerprint density at radius 2 is 1.74 bits per heavy atom. The van der Waals surface area contributed by atoms with Gasteiger partial charge in [0.2, 0.25) is 0 Å². The molecule has 3 rings (SSSR count). The average molecular weight is 317 g/mol. The summed E-state index contributed by atoms with van der Waals surface area (Å²) < 4.78 is 0. The van der Waals surface area contributed by atoms with Crippen molar-refractivity contribution in [1.82, 2.24) is 9.97 Å². The molecule has 0 saturated carbocycles. The molecule has 3 aromatic rings. The molecule has 0 radical (unpaired) electrons. The van der Waals surface area contributed by atoms with Crippen LogP contribution >= 0.6 is 11.8 Å². The van der Waals surface area contributed by atoms with Gasteiger partial charge < -0.3 is 0 Å². The van der Waals surface area contributed by atoms with Gasteiger partial charge in [-0.15, -0.1) is 0 Å². The number of benzene rings is 2. The Bertz CT molecular complexity index is 854. The summed E-state index contributed by atoms with van der Waals surface area (Å²) in [6.07, 6.45) is 0. The van der Waals surface area contributed by atoms with Crippen LogP contribution in [0.25, 0.3) is 11.3 Å².